The van der Waals surface area contributed by atoms with E-state index in [0.717, 1.165) is 0 Å². The molecule has 0 fully saturated rings. The number of sulfone groups is 1. The van der Waals surface area contributed by atoms with Crippen LogP contribution in [-0.2, 0) is 20.4 Å². The Hall–Kier alpha value is -1.76. The average Bonchev–Trinajstić information content (AvgIpc) is 2.26. The molecule has 0 heterocycles. The largest absolute Gasteiger partial charge is 0.497 e. The lowest BCUT2D eigenvalue weighted by molar-refractivity contribution is -0.118. The van der Waals surface area contributed by atoms with Gasteiger partial charge in [-0.15, -0.1) is 0 Å². The van der Waals surface area contributed by atoms with Crippen molar-refractivity contribution in [1.82, 2.24) is 5.32 Å². The molecule has 0 radical (unpaired) electrons. The van der Waals surface area contributed by atoms with E-state index < -0.39 is 21.5 Å². The molecule has 0 aliphatic heterocycles. The lowest BCUT2D eigenvalue weighted by Crippen LogP contribution is -2.27. The maximum atomic E-state index is 11.7. The number of amides is 1. The van der Waals surface area contributed by atoms with E-state index >= 15 is 0 Å². The molecule has 0 saturated heterocycles. The van der Waals surface area contributed by atoms with Crippen molar-refractivity contribution in [2.45, 2.75) is 5.75 Å². The van der Waals surface area contributed by atoms with Crippen molar-refractivity contribution in [3.8, 4) is 5.75 Å². The highest BCUT2D eigenvalue weighted by Gasteiger charge is 2.17. The lowest BCUT2D eigenvalue weighted by atomic mass is 10.2. The quantitative estimate of drug-likeness (QED) is 0.732. The second kappa shape index (κ2) is 5.72. The van der Waals surface area contributed by atoms with Gasteiger partial charge in [0.15, 0.2) is 9.84 Å². The number of nitrogens with two attached hydrogens (primary N) is 1. The van der Waals surface area contributed by atoms with Crippen LogP contribution in [0.2, 0.25) is 0 Å². The maximum Gasteiger partial charge on any atom is 0.234 e. The predicted molar refractivity (Wildman–Crippen MR) is 69.0 cm³/mol. The van der Waals surface area contributed by atoms with E-state index in [1.165, 1.54) is 14.2 Å². The first kappa shape index (κ1) is 14.3. The Morgan fingerprint density at radius 3 is 2.61 bits per heavy atom. The number of carbonyl (C=O) groups excluding carboxylic acids is 1. The third-order valence-corrected chi connectivity index (χ3v) is 3.72. The molecule has 6 nitrogen and oxygen atoms in total. The van der Waals surface area contributed by atoms with Gasteiger partial charge in [-0.1, -0.05) is 0 Å². The molecule has 0 spiro atoms. The van der Waals surface area contributed by atoms with Crippen molar-refractivity contribution in [3.05, 3.63) is 23.8 Å². The Morgan fingerprint density at radius 2 is 2.06 bits per heavy atom. The molecule has 0 bridgehead atoms. The first-order valence-corrected chi connectivity index (χ1v) is 7.03. The average molecular weight is 272 g/mol. The van der Waals surface area contributed by atoms with Crippen molar-refractivity contribution in [3.63, 3.8) is 0 Å². The first-order valence-electron chi connectivity index (χ1n) is 5.21. The van der Waals surface area contributed by atoms with Gasteiger partial charge < -0.3 is 15.8 Å². The number of anilines is 1. The van der Waals surface area contributed by atoms with Crippen LogP contribution in [-0.4, -0.2) is 34.2 Å². The van der Waals surface area contributed by atoms with Crippen molar-refractivity contribution < 1.29 is 17.9 Å². The number of rotatable bonds is 5. The number of hydrogen-bond donors (Lipinski definition) is 2. The van der Waals surface area contributed by atoms with Crippen LogP contribution in [0.5, 0.6) is 5.75 Å². The topological polar surface area (TPSA) is 98.5 Å². The Morgan fingerprint density at radius 1 is 1.39 bits per heavy atom. The molecule has 0 atom stereocenters. The molecule has 100 valence electrons. The summed E-state index contributed by atoms with van der Waals surface area (Å²) in [5.41, 5.74) is 6.54. The van der Waals surface area contributed by atoms with Gasteiger partial charge in [-0.25, -0.2) is 8.42 Å². The third kappa shape index (κ3) is 4.25. The molecule has 7 heteroatoms. The highest BCUT2D eigenvalue weighted by molar-refractivity contribution is 7.91. The van der Waals surface area contributed by atoms with Crippen molar-refractivity contribution in [2.24, 2.45) is 0 Å². The zero-order valence-electron chi connectivity index (χ0n) is 10.3. The van der Waals surface area contributed by atoms with Crippen LogP contribution in [0.4, 0.5) is 5.69 Å². The molecule has 1 amide bonds. The maximum absolute atomic E-state index is 11.7. The second-order valence-electron chi connectivity index (χ2n) is 3.82. The Kier molecular flexibility index (Phi) is 4.55. The molecule has 3 N–H and O–H groups in total. The van der Waals surface area contributed by atoms with Crippen LogP contribution in [0.15, 0.2) is 18.2 Å². The van der Waals surface area contributed by atoms with E-state index in [1.54, 1.807) is 18.2 Å². The zero-order valence-corrected chi connectivity index (χ0v) is 11.1. The summed E-state index contributed by atoms with van der Waals surface area (Å²) in [6.07, 6.45) is 0. The minimum absolute atomic E-state index is 0.248. The number of methoxy groups -OCH3 is 1. The molecule has 18 heavy (non-hydrogen) atoms. The monoisotopic (exact) mass is 272 g/mol. The molecule has 0 aliphatic carbocycles. The molecular formula is C11H16N2O4S. The summed E-state index contributed by atoms with van der Waals surface area (Å²) in [6.45, 7) is 0. The summed E-state index contributed by atoms with van der Waals surface area (Å²) in [6, 6.07) is 4.72. The van der Waals surface area contributed by atoms with E-state index in [0.29, 0.717) is 17.0 Å². The van der Waals surface area contributed by atoms with E-state index in [1.807, 2.05) is 0 Å². The van der Waals surface area contributed by atoms with Crippen LogP contribution in [0.3, 0.4) is 0 Å². The molecule has 0 aromatic heterocycles. The lowest BCUT2D eigenvalue weighted by Gasteiger charge is -2.07. The number of carbonyl (C=O) groups is 1. The number of benzene rings is 1. The minimum Gasteiger partial charge on any atom is -0.497 e. The Bertz CT molecular complexity index is 540. The van der Waals surface area contributed by atoms with Crippen LogP contribution in [0.1, 0.15) is 5.56 Å². The van der Waals surface area contributed by atoms with Crippen molar-refractivity contribution >= 4 is 21.4 Å². The van der Waals surface area contributed by atoms with Crippen molar-refractivity contribution in [1.29, 1.82) is 0 Å². The predicted octanol–water partition coefficient (Wildman–Crippen LogP) is -0.0618. The van der Waals surface area contributed by atoms with Gasteiger partial charge in [-0.3, -0.25) is 4.79 Å². The van der Waals surface area contributed by atoms with Crippen LogP contribution in [0, 0.1) is 0 Å². The number of nitrogens with one attached hydrogen (secondary N) is 1. The number of hydrogen-bond acceptors (Lipinski definition) is 5. The summed E-state index contributed by atoms with van der Waals surface area (Å²) in [7, 11) is -0.651. The van der Waals surface area contributed by atoms with Crippen LogP contribution < -0.4 is 15.8 Å². The molecule has 1 rings (SSSR count). The van der Waals surface area contributed by atoms with E-state index in [2.05, 4.69) is 5.32 Å². The fourth-order valence-corrected chi connectivity index (χ4v) is 2.78. The summed E-state index contributed by atoms with van der Waals surface area (Å²) in [4.78, 5) is 11.1. The highest BCUT2D eigenvalue weighted by Crippen LogP contribution is 2.20. The van der Waals surface area contributed by atoms with Gasteiger partial charge in [0, 0.05) is 18.8 Å². The number of nitrogen functional groups attached to an aromatic ring is 1. The van der Waals surface area contributed by atoms with Gasteiger partial charge in [0.25, 0.3) is 0 Å². The summed E-state index contributed by atoms with van der Waals surface area (Å²) in [5, 5.41) is 2.27. The SMILES string of the molecule is CNC(=O)CS(=O)(=O)Cc1cc(N)cc(OC)c1. The van der Waals surface area contributed by atoms with Crippen LogP contribution >= 0.6 is 0 Å². The van der Waals surface area contributed by atoms with Gasteiger partial charge in [0.1, 0.15) is 11.5 Å². The van der Waals surface area contributed by atoms with Gasteiger partial charge in [-0.05, 0) is 17.7 Å². The van der Waals surface area contributed by atoms with E-state index in [4.69, 9.17) is 10.5 Å². The Labute approximate surface area is 106 Å². The molecule has 0 saturated carbocycles. The third-order valence-electron chi connectivity index (χ3n) is 2.24. The summed E-state index contributed by atoms with van der Waals surface area (Å²) < 4.78 is 28.5. The molecule has 0 unspecified atom stereocenters. The summed E-state index contributed by atoms with van der Waals surface area (Å²) >= 11 is 0. The van der Waals surface area contributed by atoms with Gasteiger partial charge in [0.2, 0.25) is 5.91 Å². The standard InChI is InChI=1S/C11H16N2O4S/c1-13-11(14)7-18(15,16)6-8-3-9(12)5-10(4-8)17-2/h3-5H,6-7,12H2,1-2H3,(H,13,14). The Balaban J connectivity index is 2.90. The van der Waals surface area contributed by atoms with Gasteiger partial charge in [-0.2, -0.15) is 0 Å². The fraction of sp³-hybridized carbons (Fsp3) is 0.364. The number of ether oxygens (including phenoxy) is 1. The highest BCUT2D eigenvalue weighted by atomic mass is 32.2. The molecule has 1 aromatic rings. The molecule has 1 aromatic carbocycles. The van der Waals surface area contributed by atoms with E-state index in [9.17, 15) is 13.2 Å². The van der Waals surface area contributed by atoms with Gasteiger partial charge in [0.05, 0.1) is 12.9 Å². The second-order valence-corrected chi connectivity index (χ2v) is 5.88. The zero-order chi connectivity index (χ0) is 13.8. The fourth-order valence-electron chi connectivity index (χ4n) is 1.46. The van der Waals surface area contributed by atoms with E-state index in [-0.39, 0.29) is 5.75 Å². The smallest absolute Gasteiger partial charge is 0.234 e. The van der Waals surface area contributed by atoms with Gasteiger partial charge >= 0.3 is 0 Å². The molecular weight excluding hydrogens is 256 g/mol. The normalized spacial score (nSPS) is 11.0. The minimum atomic E-state index is -3.51. The van der Waals surface area contributed by atoms with Crippen molar-refractivity contribution in [2.75, 3.05) is 25.6 Å². The molecule has 0 aliphatic rings. The first-order chi connectivity index (χ1) is 8.36. The van der Waals surface area contributed by atoms with Crippen LogP contribution in [0.25, 0.3) is 0 Å². The summed E-state index contributed by atoms with van der Waals surface area (Å²) in [5.74, 6) is -0.839.